The fourth-order valence-corrected chi connectivity index (χ4v) is 3.70. The van der Waals surface area contributed by atoms with Gasteiger partial charge in [0.15, 0.2) is 5.16 Å². The highest BCUT2D eigenvalue weighted by Crippen LogP contribution is 2.26. The van der Waals surface area contributed by atoms with E-state index >= 15 is 0 Å². The number of aromatic nitrogens is 2. The van der Waals surface area contributed by atoms with E-state index in [1.165, 1.54) is 31.0 Å². The van der Waals surface area contributed by atoms with E-state index < -0.39 is 0 Å². The minimum Gasteiger partial charge on any atom is -0.384 e. The van der Waals surface area contributed by atoms with Gasteiger partial charge < -0.3 is 10.6 Å². The van der Waals surface area contributed by atoms with Gasteiger partial charge in [-0.25, -0.2) is 9.97 Å². The Bertz CT molecular complexity index is 482. The number of nitrogens with two attached hydrogens (primary N) is 1. The van der Waals surface area contributed by atoms with Crippen LogP contribution in [0.1, 0.15) is 44.7 Å². The highest BCUT2D eigenvalue weighted by Gasteiger charge is 2.26. The van der Waals surface area contributed by atoms with Crippen molar-refractivity contribution in [2.75, 3.05) is 12.8 Å². The first-order chi connectivity index (χ1) is 9.97. The van der Waals surface area contributed by atoms with Crippen LogP contribution < -0.4 is 5.73 Å². The molecule has 1 aliphatic carbocycles. The largest absolute Gasteiger partial charge is 0.384 e. The standard InChI is InChI=1S/C15H24N4OS/c1-10-9-13(16)18-15(17-10)21-11(2)14(20)19(3)12-7-5-4-6-8-12/h9,11-12H,4-8H2,1-3H3,(H2,16,17,18)/t11-/m0/s1. The highest BCUT2D eigenvalue weighted by atomic mass is 32.2. The van der Waals surface area contributed by atoms with Crippen molar-refractivity contribution < 1.29 is 4.79 Å². The number of aryl methyl sites for hydroxylation is 1. The van der Waals surface area contributed by atoms with Crippen LogP contribution in [0.2, 0.25) is 0 Å². The van der Waals surface area contributed by atoms with E-state index in [-0.39, 0.29) is 11.2 Å². The lowest BCUT2D eigenvalue weighted by Crippen LogP contribution is -2.42. The molecule has 5 nitrogen and oxygen atoms in total. The Hall–Kier alpha value is -1.30. The number of amides is 1. The molecule has 0 aromatic carbocycles. The molecule has 6 heteroatoms. The number of anilines is 1. The Labute approximate surface area is 130 Å². The van der Waals surface area contributed by atoms with E-state index in [1.807, 2.05) is 25.8 Å². The van der Waals surface area contributed by atoms with Crippen LogP contribution in [-0.2, 0) is 4.79 Å². The quantitative estimate of drug-likeness (QED) is 0.684. The summed E-state index contributed by atoms with van der Waals surface area (Å²) in [5.74, 6) is 0.598. The molecule has 1 aromatic rings. The van der Waals surface area contributed by atoms with Crippen molar-refractivity contribution in [3.8, 4) is 0 Å². The zero-order chi connectivity index (χ0) is 15.4. The van der Waals surface area contributed by atoms with E-state index in [0.29, 0.717) is 17.0 Å². The van der Waals surface area contributed by atoms with Crippen molar-refractivity contribution in [2.24, 2.45) is 0 Å². The summed E-state index contributed by atoms with van der Waals surface area (Å²) in [6, 6.07) is 2.11. The minimum absolute atomic E-state index is 0.149. The summed E-state index contributed by atoms with van der Waals surface area (Å²) >= 11 is 1.38. The Morgan fingerprint density at radius 1 is 1.38 bits per heavy atom. The molecule has 0 radical (unpaired) electrons. The molecule has 21 heavy (non-hydrogen) atoms. The van der Waals surface area contributed by atoms with Gasteiger partial charge in [-0.1, -0.05) is 31.0 Å². The van der Waals surface area contributed by atoms with Crippen LogP contribution in [0.15, 0.2) is 11.2 Å². The van der Waals surface area contributed by atoms with Gasteiger partial charge >= 0.3 is 0 Å². The lowest BCUT2D eigenvalue weighted by Gasteiger charge is -2.32. The first-order valence-electron chi connectivity index (χ1n) is 7.52. The van der Waals surface area contributed by atoms with E-state index in [2.05, 4.69) is 9.97 Å². The van der Waals surface area contributed by atoms with Crippen molar-refractivity contribution >= 4 is 23.5 Å². The Balaban J connectivity index is 1.98. The molecule has 0 spiro atoms. The van der Waals surface area contributed by atoms with Gasteiger partial charge in [0.1, 0.15) is 5.82 Å². The fourth-order valence-electron chi connectivity index (χ4n) is 2.76. The van der Waals surface area contributed by atoms with Gasteiger partial charge in [-0.15, -0.1) is 0 Å². The van der Waals surface area contributed by atoms with Crippen LogP contribution in [0.3, 0.4) is 0 Å². The van der Waals surface area contributed by atoms with Crippen LogP contribution in [0.4, 0.5) is 5.82 Å². The maximum absolute atomic E-state index is 12.5. The number of hydrogen-bond acceptors (Lipinski definition) is 5. The normalized spacial score (nSPS) is 17.5. The molecule has 0 unspecified atom stereocenters. The van der Waals surface area contributed by atoms with Gasteiger partial charge in [-0.2, -0.15) is 0 Å². The molecular formula is C15H24N4OS. The summed E-state index contributed by atoms with van der Waals surface area (Å²) in [6.45, 7) is 3.79. The van der Waals surface area contributed by atoms with E-state index in [1.54, 1.807) is 6.07 Å². The first kappa shape index (κ1) is 16.1. The molecule has 1 saturated carbocycles. The minimum atomic E-state index is -0.196. The third-order valence-electron chi connectivity index (χ3n) is 3.95. The molecule has 0 saturated heterocycles. The van der Waals surface area contributed by atoms with Crippen molar-refractivity contribution in [1.82, 2.24) is 14.9 Å². The van der Waals surface area contributed by atoms with E-state index in [0.717, 1.165) is 18.5 Å². The summed E-state index contributed by atoms with van der Waals surface area (Å²) in [6.07, 6.45) is 5.98. The summed E-state index contributed by atoms with van der Waals surface area (Å²) in [7, 11) is 1.92. The summed E-state index contributed by atoms with van der Waals surface area (Å²) in [5, 5.41) is 0.378. The summed E-state index contributed by atoms with van der Waals surface area (Å²) < 4.78 is 0. The van der Waals surface area contributed by atoms with Gasteiger partial charge in [0, 0.05) is 24.8 Å². The van der Waals surface area contributed by atoms with Gasteiger partial charge in [0.25, 0.3) is 0 Å². The maximum atomic E-state index is 12.5. The van der Waals surface area contributed by atoms with Gasteiger partial charge in [0.2, 0.25) is 5.91 Å². The van der Waals surface area contributed by atoms with Crippen molar-refractivity contribution in [1.29, 1.82) is 0 Å². The molecule has 1 heterocycles. The molecule has 1 amide bonds. The fraction of sp³-hybridized carbons (Fsp3) is 0.667. The molecule has 1 fully saturated rings. The van der Waals surface area contributed by atoms with Crippen LogP contribution in [-0.4, -0.2) is 39.1 Å². The third kappa shape index (κ3) is 4.33. The smallest absolute Gasteiger partial charge is 0.235 e. The molecule has 1 aliphatic rings. The number of carbonyl (C=O) groups excluding carboxylic acids is 1. The number of carbonyl (C=O) groups is 1. The molecule has 2 N–H and O–H groups in total. The maximum Gasteiger partial charge on any atom is 0.235 e. The van der Waals surface area contributed by atoms with Gasteiger partial charge in [-0.3, -0.25) is 4.79 Å². The molecule has 1 aromatic heterocycles. The average molecular weight is 308 g/mol. The average Bonchev–Trinajstić information content (AvgIpc) is 2.45. The van der Waals surface area contributed by atoms with Crippen LogP contribution in [0.5, 0.6) is 0 Å². The van der Waals surface area contributed by atoms with Crippen LogP contribution in [0, 0.1) is 6.92 Å². The zero-order valence-corrected chi connectivity index (χ0v) is 13.8. The predicted octanol–water partition coefficient (Wildman–Crippen LogP) is 2.64. The van der Waals surface area contributed by atoms with Crippen LogP contribution in [0.25, 0.3) is 0 Å². The van der Waals surface area contributed by atoms with Crippen LogP contribution >= 0.6 is 11.8 Å². The van der Waals surface area contributed by atoms with Crippen molar-refractivity contribution in [3.05, 3.63) is 11.8 Å². The first-order valence-corrected chi connectivity index (χ1v) is 8.40. The second kappa shape index (κ2) is 7.11. The number of nitrogens with zero attached hydrogens (tertiary/aromatic N) is 3. The topological polar surface area (TPSA) is 72.1 Å². The van der Waals surface area contributed by atoms with E-state index in [4.69, 9.17) is 5.73 Å². The van der Waals surface area contributed by atoms with Gasteiger partial charge in [0.05, 0.1) is 5.25 Å². The highest BCUT2D eigenvalue weighted by molar-refractivity contribution is 8.00. The Kier molecular flexibility index (Phi) is 5.45. The summed E-state index contributed by atoms with van der Waals surface area (Å²) in [4.78, 5) is 23.0. The van der Waals surface area contributed by atoms with Gasteiger partial charge in [-0.05, 0) is 26.7 Å². The second-order valence-corrected chi connectivity index (χ2v) is 7.03. The van der Waals surface area contributed by atoms with Crippen molar-refractivity contribution in [2.45, 2.75) is 62.4 Å². The Morgan fingerprint density at radius 2 is 2.05 bits per heavy atom. The number of rotatable bonds is 4. The third-order valence-corrected chi connectivity index (χ3v) is 4.90. The molecule has 2 rings (SSSR count). The lowest BCUT2D eigenvalue weighted by atomic mass is 9.94. The Morgan fingerprint density at radius 3 is 2.67 bits per heavy atom. The zero-order valence-electron chi connectivity index (χ0n) is 13.0. The number of thioether (sulfide) groups is 1. The lowest BCUT2D eigenvalue weighted by molar-refractivity contribution is -0.131. The summed E-state index contributed by atoms with van der Waals surface area (Å²) in [5.41, 5.74) is 6.55. The monoisotopic (exact) mass is 308 g/mol. The molecule has 116 valence electrons. The SMILES string of the molecule is Cc1cc(N)nc(S[C@@H](C)C(=O)N(C)C2CCCCC2)n1. The number of hydrogen-bond donors (Lipinski definition) is 1. The molecule has 0 bridgehead atoms. The molecule has 0 aliphatic heterocycles. The molecular weight excluding hydrogens is 284 g/mol. The molecule has 1 atom stereocenters. The van der Waals surface area contributed by atoms with E-state index in [9.17, 15) is 4.79 Å². The predicted molar refractivity (Wildman–Crippen MR) is 86.1 cm³/mol. The van der Waals surface area contributed by atoms with Crippen molar-refractivity contribution in [3.63, 3.8) is 0 Å². The second-order valence-electron chi connectivity index (χ2n) is 5.72. The number of nitrogen functional groups attached to an aromatic ring is 1.